The number of ether oxygens (including phenoxy) is 1. The number of carbonyl (C=O) groups excluding carboxylic acids is 1. The Balaban J connectivity index is 1.68. The number of carbonyl (C=O) groups is 1. The highest BCUT2D eigenvalue weighted by Gasteiger charge is 2.04. The Morgan fingerprint density at radius 1 is 1.04 bits per heavy atom. The molecule has 0 spiro atoms. The topological polar surface area (TPSA) is 50.4 Å². The summed E-state index contributed by atoms with van der Waals surface area (Å²) in [4.78, 5) is 11.8. The van der Waals surface area contributed by atoms with Gasteiger partial charge in [-0.1, -0.05) is 41.4 Å². The summed E-state index contributed by atoms with van der Waals surface area (Å²) in [6.45, 7) is 7.26. The summed E-state index contributed by atoms with van der Waals surface area (Å²) in [6.07, 6.45) is 0. The van der Waals surface area contributed by atoms with Gasteiger partial charge in [-0.2, -0.15) is 0 Å². The zero-order chi connectivity index (χ0) is 17.5. The zero-order valence-corrected chi connectivity index (χ0v) is 15.0. The van der Waals surface area contributed by atoms with E-state index in [0.717, 1.165) is 27.5 Å². The van der Waals surface area contributed by atoms with E-state index in [1.807, 2.05) is 57.2 Å². The minimum Gasteiger partial charge on any atom is -0.492 e. The molecule has 0 fully saturated rings. The second-order valence-corrected chi connectivity index (χ2v) is 6.19. The highest BCUT2D eigenvalue weighted by atomic mass is 35.5. The molecule has 0 saturated carbocycles. The predicted octanol–water partition coefficient (Wildman–Crippen LogP) is 4.14. The molecular weight excluding hydrogens is 324 g/mol. The standard InChI is InChI=1S/C19H23ClN2O2/c1-13-4-6-16(7-5-13)12-22-19(23)21-8-9-24-17-10-14(2)18(20)15(3)11-17/h4-7,10-11H,8-9,12H2,1-3H3,(H2,21,22,23). The first kappa shape index (κ1) is 18.1. The lowest BCUT2D eigenvalue weighted by atomic mass is 10.1. The smallest absolute Gasteiger partial charge is 0.315 e. The molecule has 0 aliphatic carbocycles. The minimum atomic E-state index is -0.206. The second kappa shape index (κ2) is 8.60. The van der Waals surface area contributed by atoms with Crippen molar-refractivity contribution in [1.29, 1.82) is 0 Å². The number of aryl methyl sites for hydroxylation is 3. The van der Waals surface area contributed by atoms with Crippen molar-refractivity contribution in [3.63, 3.8) is 0 Å². The highest BCUT2D eigenvalue weighted by Crippen LogP contribution is 2.25. The second-order valence-electron chi connectivity index (χ2n) is 5.81. The van der Waals surface area contributed by atoms with Gasteiger partial charge in [0.2, 0.25) is 0 Å². The first-order chi connectivity index (χ1) is 11.5. The molecule has 0 heterocycles. The van der Waals surface area contributed by atoms with Gasteiger partial charge in [0.1, 0.15) is 12.4 Å². The lowest BCUT2D eigenvalue weighted by Gasteiger charge is -2.11. The van der Waals surface area contributed by atoms with E-state index in [1.54, 1.807) is 0 Å². The minimum absolute atomic E-state index is 0.206. The summed E-state index contributed by atoms with van der Waals surface area (Å²) in [7, 11) is 0. The Morgan fingerprint density at radius 2 is 1.67 bits per heavy atom. The number of benzene rings is 2. The van der Waals surface area contributed by atoms with Crippen molar-refractivity contribution in [2.75, 3.05) is 13.2 Å². The predicted molar refractivity (Wildman–Crippen MR) is 97.8 cm³/mol. The molecule has 2 aromatic rings. The van der Waals surface area contributed by atoms with Crippen LogP contribution < -0.4 is 15.4 Å². The van der Waals surface area contributed by atoms with Gasteiger partial charge in [0.25, 0.3) is 0 Å². The fraction of sp³-hybridized carbons (Fsp3) is 0.316. The molecule has 0 bridgehead atoms. The van der Waals surface area contributed by atoms with Crippen LogP contribution in [0.4, 0.5) is 4.79 Å². The van der Waals surface area contributed by atoms with Crippen LogP contribution in [-0.4, -0.2) is 19.2 Å². The maximum atomic E-state index is 11.8. The summed E-state index contributed by atoms with van der Waals surface area (Å²) >= 11 is 6.13. The van der Waals surface area contributed by atoms with Crippen LogP contribution in [0.5, 0.6) is 5.75 Å². The van der Waals surface area contributed by atoms with E-state index in [4.69, 9.17) is 16.3 Å². The fourth-order valence-electron chi connectivity index (χ4n) is 2.27. The molecule has 2 rings (SSSR count). The molecule has 0 atom stereocenters. The SMILES string of the molecule is Cc1ccc(CNC(=O)NCCOc2cc(C)c(Cl)c(C)c2)cc1. The van der Waals surface area contributed by atoms with Gasteiger partial charge in [-0.15, -0.1) is 0 Å². The largest absolute Gasteiger partial charge is 0.492 e. The Bertz CT molecular complexity index is 676. The van der Waals surface area contributed by atoms with Crippen molar-refractivity contribution in [3.05, 3.63) is 63.7 Å². The molecule has 0 aromatic heterocycles. The lowest BCUT2D eigenvalue weighted by molar-refractivity contribution is 0.236. The Kier molecular flexibility index (Phi) is 6.50. The Morgan fingerprint density at radius 3 is 2.29 bits per heavy atom. The third-order valence-corrected chi connectivity index (χ3v) is 4.24. The molecule has 5 heteroatoms. The third kappa shape index (κ3) is 5.46. The first-order valence-electron chi connectivity index (χ1n) is 7.92. The van der Waals surface area contributed by atoms with Crippen LogP contribution in [-0.2, 0) is 6.54 Å². The molecule has 24 heavy (non-hydrogen) atoms. The number of rotatable bonds is 6. The molecule has 0 aliphatic rings. The molecule has 2 amide bonds. The van der Waals surface area contributed by atoms with Crippen LogP contribution in [0.2, 0.25) is 5.02 Å². The number of amides is 2. The molecule has 4 nitrogen and oxygen atoms in total. The number of nitrogens with one attached hydrogen (secondary N) is 2. The highest BCUT2D eigenvalue weighted by molar-refractivity contribution is 6.32. The van der Waals surface area contributed by atoms with E-state index in [1.165, 1.54) is 5.56 Å². The van der Waals surface area contributed by atoms with E-state index in [0.29, 0.717) is 19.7 Å². The number of hydrogen-bond donors (Lipinski definition) is 2. The van der Waals surface area contributed by atoms with Crippen LogP contribution in [0, 0.1) is 20.8 Å². The normalized spacial score (nSPS) is 10.3. The van der Waals surface area contributed by atoms with Gasteiger partial charge >= 0.3 is 6.03 Å². The van der Waals surface area contributed by atoms with E-state index in [9.17, 15) is 4.79 Å². The number of urea groups is 1. The van der Waals surface area contributed by atoms with Gasteiger partial charge in [0.05, 0.1) is 6.54 Å². The van der Waals surface area contributed by atoms with Gasteiger partial charge in [-0.25, -0.2) is 4.79 Å². The van der Waals surface area contributed by atoms with Gasteiger partial charge < -0.3 is 15.4 Å². The van der Waals surface area contributed by atoms with Crippen LogP contribution >= 0.6 is 11.6 Å². The van der Waals surface area contributed by atoms with Crippen LogP contribution in [0.3, 0.4) is 0 Å². The lowest BCUT2D eigenvalue weighted by Crippen LogP contribution is -2.37. The summed E-state index contributed by atoms with van der Waals surface area (Å²) in [5, 5.41) is 6.35. The van der Waals surface area contributed by atoms with Crippen LogP contribution in [0.15, 0.2) is 36.4 Å². The summed E-state index contributed by atoms with van der Waals surface area (Å²) in [5.74, 6) is 0.760. The molecule has 2 aromatic carbocycles. The van der Waals surface area contributed by atoms with Crippen molar-refractivity contribution in [2.45, 2.75) is 27.3 Å². The van der Waals surface area contributed by atoms with Gasteiger partial charge in [0.15, 0.2) is 0 Å². The third-order valence-electron chi connectivity index (χ3n) is 3.64. The van der Waals surface area contributed by atoms with Crippen LogP contribution in [0.25, 0.3) is 0 Å². The maximum Gasteiger partial charge on any atom is 0.315 e. The van der Waals surface area contributed by atoms with Gasteiger partial charge in [-0.05, 0) is 49.6 Å². The summed E-state index contributed by atoms with van der Waals surface area (Å²) in [6, 6.07) is 11.6. The summed E-state index contributed by atoms with van der Waals surface area (Å²) < 4.78 is 5.65. The molecule has 0 aliphatic heterocycles. The van der Waals surface area contributed by atoms with E-state index >= 15 is 0 Å². The van der Waals surface area contributed by atoms with Crippen molar-refractivity contribution < 1.29 is 9.53 Å². The molecule has 2 N–H and O–H groups in total. The van der Waals surface area contributed by atoms with Crippen molar-refractivity contribution in [1.82, 2.24) is 10.6 Å². The van der Waals surface area contributed by atoms with E-state index in [-0.39, 0.29) is 6.03 Å². The van der Waals surface area contributed by atoms with E-state index in [2.05, 4.69) is 10.6 Å². The Labute approximate surface area is 148 Å². The van der Waals surface area contributed by atoms with Crippen molar-refractivity contribution in [2.24, 2.45) is 0 Å². The number of halogens is 1. The number of hydrogen-bond acceptors (Lipinski definition) is 2. The molecule has 0 unspecified atom stereocenters. The zero-order valence-electron chi connectivity index (χ0n) is 14.3. The fourth-order valence-corrected chi connectivity index (χ4v) is 2.38. The van der Waals surface area contributed by atoms with Gasteiger partial charge in [-0.3, -0.25) is 0 Å². The molecule has 0 saturated heterocycles. The monoisotopic (exact) mass is 346 g/mol. The van der Waals surface area contributed by atoms with Gasteiger partial charge in [0, 0.05) is 11.6 Å². The average Bonchev–Trinajstić information content (AvgIpc) is 2.56. The van der Waals surface area contributed by atoms with E-state index < -0.39 is 0 Å². The van der Waals surface area contributed by atoms with Crippen LogP contribution in [0.1, 0.15) is 22.3 Å². The molecule has 0 radical (unpaired) electrons. The average molecular weight is 347 g/mol. The molecular formula is C19H23ClN2O2. The Hall–Kier alpha value is -2.20. The van der Waals surface area contributed by atoms with Crippen molar-refractivity contribution >= 4 is 17.6 Å². The van der Waals surface area contributed by atoms with Crippen molar-refractivity contribution in [3.8, 4) is 5.75 Å². The first-order valence-corrected chi connectivity index (χ1v) is 8.30. The quantitative estimate of drug-likeness (QED) is 0.772. The summed E-state index contributed by atoms with van der Waals surface area (Å²) in [5.41, 5.74) is 4.23. The maximum absolute atomic E-state index is 11.8. The molecule has 128 valence electrons.